The lowest BCUT2D eigenvalue weighted by Crippen LogP contribution is -2.44. The molecule has 1 amide bonds. The van der Waals surface area contributed by atoms with Gasteiger partial charge in [0.1, 0.15) is 11.6 Å². The van der Waals surface area contributed by atoms with Crippen molar-refractivity contribution in [1.82, 2.24) is 5.32 Å². The lowest BCUT2D eigenvalue weighted by molar-refractivity contribution is -0.143. The van der Waals surface area contributed by atoms with Crippen LogP contribution in [0.25, 0.3) is 0 Å². The molecule has 0 radical (unpaired) electrons. The Balaban J connectivity index is 4.44. The first-order valence-electron chi connectivity index (χ1n) is 5.41. The summed E-state index contributed by atoms with van der Waals surface area (Å²) in [5.74, 6) is -0.623. The molecule has 0 bridgehead atoms. The van der Waals surface area contributed by atoms with Gasteiger partial charge in [-0.25, -0.2) is 19.4 Å². The summed E-state index contributed by atoms with van der Waals surface area (Å²) in [5, 5.41) is 2.36. The molecule has 0 saturated heterocycles. The summed E-state index contributed by atoms with van der Waals surface area (Å²) in [6.45, 7) is 5.18. The van der Waals surface area contributed by atoms with Gasteiger partial charge < -0.3 is 14.8 Å². The van der Waals surface area contributed by atoms with Gasteiger partial charge in [0, 0.05) is 0 Å². The van der Waals surface area contributed by atoms with Crippen LogP contribution in [0, 0.1) is 0 Å². The normalized spacial score (nSPS) is 12.0. The molecule has 1 N–H and O–H groups in total. The fourth-order valence-corrected chi connectivity index (χ4v) is 1.08. The summed E-state index contributed by atoms with van der Waals surface area (Å²) < 4.78 is 9.53. The standard InChI is InChI=1S/C11H18N2O5/c1-11(2,3)18-10(16)13-8(9(15)17-4)5-6-12-7-14/h8H,5-6H2,1-4H3,(H,13,16)/t8-/m0/s1. The minimum atomic E-state index is -0.901. The number of isocyanates is 1. The number of amides is 1. The van der Waals surface area contributed by atoms with E-state index in [4.69, 9.17) is 4.74 Å². The maximum Gasteiger partial charge on any atom is 0.408 e. The molecule has 0 fully saturated rings. The molecule has 0 heterocycles. The topological polar surface area (TPSA) is 94.1 Å². The molecule has 102 valence electrons. The van der Waals surface area contributed by atoms with Crippen molar-refractivity contribution in [2.75, 3.05) is 13.7 Å². The Morgan fingerprint density at radius 1 is 1.39 bits per heavy atom. The average molecular weight is 258 g/mol. The van der Waals surface area contributed by atoms with Gasteiger partial charge >= 0.3 is 12.1 Å². The van der Waals surface area contributed by atoms with E-state index in [1.165, 1.54) is 13.2 Å². The Labute approximate surface area is 106 Å². The van der Waals surface area contributed by atoms with Crippen LogP contribution >= 0.6 is 0 Å². The predicted octanol–water partition coefficient (Wildman–Crippen LogP) is 0.779. The number of alkyl carbamates (subject to hydrolysis) is 1. The molecule has 0 aliphatic carbocycles. The van der Waals surface area contributed by atoms with Crippen molar-refractivity contribution in [2.24, 2.45) is 4.99 Å². The Morgan fingerprint density at radius 3 is 2.44 bits per heavy atom. The first-order valence-corrected chi connectivity index (χ1v) is 5.41. The second kappa shape index (κ2) is 7.45. The van der Waals surface area contributed by atoms with Crippen LogP contribution in [0.3, 0.4) is 0 Å². The number of hydrogen-bond donors (Lipinski definition) is 1. The molecule has 0 aromatic rings. The molecular formula is C11H18N2O5. The second-order valence-corrected chi connectivity index (χ2v) is 4.48. The molecule has 7 nitrogen and oxygen atoms in total. The van der Waals surface area contributed by atoms with E-state index in [0.29, 0.717) is 0 Å². The largest absolute Gasteiger partial charge is 0.467 e. The van der Waals surface area contributed by atoms with E-state index in [1.54, 1.807) is 20.8 Å². The highest BCUT2D eigenvalue weighted by molar-refractivity contribution is 5.81. The van der Waals surface area contributed by atoms with Gasteiger partial charge in [0.25, 0.3) is 0 Å². The summed E-state index contributed by atoms with van der Waals surface area (Å²) in [6.07, 6.45) is 0.762. The van der Waals surface area contributed by atoms with E-state index in [2.05, 4.69) is 15.0 Å². The number of carbonyl (C=O) groups is 2. The number of rotatable bonds is 5. The molecule has 18 heavy (non-hydrogen) atoms. The van der Waals surface area contributed by atoms with E-state index >= 15 is 0 Å². The predicted molar refractivity (Wildman–Crippen MR) is 62.8 cm³/mol. The highest BCUT2D eigenvalue weighted by Gasteiger charge is 2.24. The van der Waals surface area contributed by atoms with Gasteiger partial charge in [0.15, 0.2) is 0 Å². The van der Waals surface area contributed by atoms with E-state index in [-0.39, 0.29) is 13.0 Å². The Morgan fingerprint density at radius 2 is 2.00 bits per heavy atom. The summed E-state index contributed by atoms with van der Waals surface area (Å²) >= 11 is 0. The molecule has 0 aromatic heterocycles. The molecular weight excluding hydrogens is 240 g/mol. The zero-order valence-electron chi connectivity index (χ0n) is 11.0. The molecule has 7 heteroatoms. The van der Waals surface area contributed by atoms with Crippen molar-refractivity contribution >= 4 is 18.1 Å². The summed E-state index contributed by atoms with van der Waals surface area (Å²) in [4.78, 5) is 36.1. The van der Waals surface area contributed by atoms with Crippen LogP contribution in [0.4, 0.5) is 4.79 Å². The third-order valence-electron chi connectivity index (χ3n) is 1.77. The van der Waals surface area contributed by atoms with Crippen LogP contribution in [0.5, 0.6) is 0 Å². The van der Waals surface area contributed by atoms with Crippen molar-refractivity contribution in [1.29, 1.82) is 0 Å². The summed E-state index contributed by atoms with van der Waals surface area (Å²) in [5.41, 5.74) is -0.661. The van der Waals surface area contributed by atoms with Crippen LogP contribution < -0.4 is 5.32 Å². The molecule has 0 aromatic carbocycles. The molecule has 0 rings (SSSR count). The smallest absolute Gasteiger partial charge is 0.408 e. The molecule has 0 spiro atoms. The number of aliphatic imine (C=N–C) groups is 1. The molecule has 0 unspecified atom stereocenters. The lowest BCUT2D eigenvalue weighted by Gasteiger charge is -2.22. The highest BCUT2D eigenvalue weighted by Crippen LogP contribution is 2.07. The monoisotopic (exact) mass is 258 g/mol. The minimum absolute atomic E-state index is 0.0685. The SMILES string of the molecule is COC(=O)[C@H](CCN=C=O)NC(=O)OC(C)(C)C. The fourth-order valence-electron chi connectivity index (χ4n) is 1.08. The van der Waals surface area contributed by atoms with E-state index in [9.17, 15) is 14.4 Å². The summed E-state index contributed by atoms with van der Waals surface area (Å²) in [6, 6.07) is -0.901. The number of esters is 1. The molecule has 1 atom stereocenters. The number of hydrogen-bond acceptors (Lipinski definition) is 6. The maximum atomic E-state index is 11.5. The van der Waals surface area contributed by atoms with Gasteiger partial charge in [-0.15, -0.1) is 0 Å². The average Bonchev–Trinajstić information content (AvgIpc) is 2.24. The van der Waals surface area contributed by atoms with Crippen LogP contribution in [-0.4, -0.2) is 43.4 Å². The van der Waals surface area contributed by atoms with Crippen LogP contribution in [0.1, 0.15) is 27.2 Å². The van der Waals surface area contributed by atoms with Gasteiger partial charge in [-0.05, 0) is 27.2 Å². The van der Waals surface area contributed by atoms with Crippen LogP contribution in [0.15, 0.2) is 4.99 Å². The summed E-state index contributed by atoms with van der Waals surface area (Å²) in [7, 11) is 1.20. The number of nitrogens with one attached hydrogen (secondary N) is 1. The fraction of sp³-hybridized carbons (Fsp3) is 0.727. The first kappa shape index (κ1) is 16.1. The molecule has 0 saturated carbocycles. The lowest BCUT2D eigenvalue weighted by atomic mass is 10.2. The van der Waals surface area contributed by atoms with Gasteiger partial charge in [-0.3, -0.25) is 0 Å². The number of nitrogens with zero attached hydrogens (tertiary/aromatic N) is 1. The van der Waals surface area contributed by atoms with Gasteiger partial charge in [0.05, 0.1) is 13.7 Å². The minimum Gasteiger partial charge on any atom is -0.467 e. The maximum absolute atomic E-state index is 11.5. The number of methoxy groups -OCH3 is 1. The van der Waals surface area contributed by atoms with Gasteiger partial charge in [-0.2, -0.15) is 0 Å². The zero-order chi connectivity index (χ0) is 14.2. The van der Waals surface area contributed by atoms with Crippen LogP contribution in [0.2, 0.25) is 0 Å². The van der Waals surface area contributed by atoms with E-state index < -0.39 is 23.7 Å². The van der Waals surface area contributed by atoms with Crippen molar-refractivity contribution in [3.05, 3.63) is 0 Å². The van der Waals surface area contributed by atoms with E-state index in [1.807, 2.05) is 0 Å². The Hall–Kier alpha value is -1.88. The van der Waals surface area contributed by atoms with Crippen molar-refractivity contribution < 1.29 is 23.9 Å². The second-order valence-electron chi connectivity index (χ2n) is 4.48. The van der Waals surface area contributed by atoms with Crippen molar-refractivity contribution in [2.45, 2.75) is 38.8 Å². The van der Waals surface area contributed by atoms with Gasteiger partial charge in [-0.1, -0.05) is 0 Å². The third kappa shape index (κ3) is 7.40. The molecule has 0 aliphatic heterocycles. The number of ether oxygens (including phenoxy) is 2. The quantitative estimate of drug-likeness (QED) is 0.446. The Kier molecular flexibility index (Phi) is 6.67. The third-order valence-corrected chi connectivity index (χ3v) is 1.77. The van der Waals surface area contributed by atoms with Crippen molar-refractivity contribution in [3.63, 3.8) is 0 Å². The van der Waals surface area contributed by atoms with E-state index in [0.717, 1.165) is 0 Å². The zero-order valence-corrected chi connectivity index (χ0v) is 11.0. The highest BCUT2D eigenvalue weighted by atomic mass is 16.6. The number of carbonyl (C=O) groups excluding carboxylic acids is 3. The van der Waals surface area contributed by atoms with Gasteiger partial charge in [0.2, 0.25) is 6.08 Å². The van der Waals surface area contributed by atoms with Crippen LogP contribution in [-0.2, 0) is 19.1 Å². The first-order chi connectivity index (χ1) is 8.30. The Bertz CT molecular complexity index is 342. The molecule has 0 aliphatic rings. The van der Waals surface area contributed by atoms with Crippen molar-refractivity contribution in [3.8, 4) is 0 Å².